The quantitative estimate of drug-likeness (QED) is 0.522. The van der Waals surface area contributed by atoms with Gasteiger partial charge in [0.2, 0.25) is 5.91 Å². The molecule has 1 aliphatic heterocycles. The van der Waals surface area contributed by atoms with E-state index in [4.69, 9.17) is 14.2 Å². The van der Waals surface area contributed by atoms with E-state index >= 15 is 0 Å². The van der Waals surface area contributed by atoms with Crippen LogP contribution in [-0.2, 0) is 16.0 Å². The summed E-state index contributed by atoms with van der Waals surface area (Å²) in [5.41, 5.74) is 1.39. The van der Waals surface area contributed by atoms with Crippen LogP contribution in [0.1, 0.15) is 22.8 Å². The van der Waals surface area contributed by atoms with Gasteiger partial charge >= 0.3 is 6.16 Å². The molecule has 8 heteroatoms. The Balaban J connectivity index is 1.51. The number of nitrogens with zero attached hydrogens (tertiary/aromatic N) is 2. The Morgan fingerprint density at radius 3 is 2.23 bits per heavy atom. The Kier molecular flexibility index (Phi) is 7.48. The molecule has 0 bridgehead atoms. The van der Waals surface area contributed by atoms with Gasteiger partial charge in [-0.1, -0.05) is 12.1 Å². The highest BCUT2D eigenvalue weighted by Crippen LogP contribution is 2.17. The van der Waals surface area contributed by atoms with Gasteiger partial charge in [0.1, 0.15) is 11.5 Å². The van der Waals surface area contributed by atoms with Crippen LogP contribution < -0.4 is 9.47 Å². The summed E-state index contributed by atoms with van der Waals surface area (Å²) in [7, 11) is 1.60. The molecule has 0 unspecified atom stereocenters. The molecule has 31 heavy (non-hydrogen) atoms. The lowest BCUT2D eigenvalue weighted by atomic mass is 10.1. The van der Waals surface area contributed by atoms with Gasteiger partial charge < -0.3 is 24.0 Å². The van der Waals surface area contributed by atoms with Crippen molar-refractivity contribution in [1.82, 2.24) is 9.80 Å². The lowest BCUT2D eigenvalue weighted by Crippen LogP contribution is -2.51. The molecule has 2 aromatic carbocycles. The van der Waals surface area contributed by atoms with Crippen LogP contribution in [0, 0.1) is 0 Å². The monoisotopic (exact) mass is 426 g/mol. The Labute approximate surface area is 181 Å². The fraction of sp³-hybridized carbons (Fsp3) is 0.348. The van der Waals surface area contributed by atoms with Gasteiger partial charge in [0, 0.05) is 31.7 Å². The molecule has 8 nitrogen and oxygen atoms in total. The van der Waals surface area contributed by atoms with Crippen LogP contribution in [0.2, 0.25) is 0 Å². The van der Waals surface area contributed by atoms with Gasteiger partial charge in [0.15, 0.2) is 0 Å². The van der Waals surface area contributed by atoms with E-state index in [9.17, 15) is 14.4 Å². The number of methoxy groups -OCH3 is 1. The van der Waals surface area contributed by atoms with Crippen molar-refractivity contribution in [2.24, 2.45) is 0 Å². The van der Waals surface area contributed by atoms with E-state index in [2.05, 4.69) is 0 Å². The van der Waals surface area contributed by atoms with Crippen LogP contribution in [0.5, 0.6) is 11.5 Å². The summed E-state index contributed by atoms with van der Waals surface area (Å²) in [4.78, 5) is 40.2. The molecular formula is C23H26N2O6. The molecular weight excluding hydrogens is 400 g/mol. The number of hydrogen-bond donors (Lipinski definition) is 0. The molecule has 164 valence electrons. The van der Waals surface area contributed by atoms with Crippen molar-refractivity contribution >= 4 is 18.0 Å². The summed E-state index contributed by atoms with van der Waals surface area (Å²) in [6.45, 7) is 3.81. The van der Waals surface area contributed by atoms with E-state index in [1.807, 2.05) is 24.3 Å². The summed E-state index contributed by atoms with van der Waals surface area (Å²) in [6.07, 6.45) is -0.483. The summed E-state index contributed by atoms with van der Waals surface area (Å²) in [6, 6.07) is 13.8. The fourth-order valence-corrected chi connectivity index (χ4v) is 3.32. The molecule has 2 aromatic rings. The van der Waals surface area contributed by atoms with Gasteiger partial charge in [-0.3, -0.25) is 9.59 Å². The van der Waals surface area contributed by atoms with Crippen molar-refractivity contribution in [1.29, 1.82) is 0 Å². The molecule has 3 rings (SSSR count). The summed E-state index contributed by atoms with van der Waals surface area (Å²) >= 11 is 0. The zero-order valence-corrected chi connectivity index (χ0v) is 17.7. The van der Waals surface area contributed by atoms with E-state index in [1.54, 1.807) is 48.1 Å². The highest BCUT2D eigenvalue weighted by Gasteiger charge is 2.25. The van der Waals surface area contributed by atoms with Crippen molar-refractivity contribution in [3.63, 3.8) is 0 Å². The lowest BCUT2D eigenvalue weighted by molar-refractivity contribution is -0.131. The molecule has 0 N–H and O–H groups in total. The van der Waals surface area contributed by atoms with Crippen molar-refractivity contribution in [2.45, 2.75) is 13.3 Å². The molecule has 1 saturated heterocycles. The van der Waals surface area contributed by atoms with Gasteiger partial charge in [-0.05, 0) is 48.9 Å². The number of piperazine rings is 1. The molecule has 1 aliphatic rings. The van der Waals surface area contributed by atoms with E-state index in [-0.39, 0.29) is 18.4 Å². The van der Waals surface area contributed by atoms with Crippen LogP contribution in [-0.4, -0.2) is 67.7 Å². The highest BCUT2D eigenvalue weighted by atomic mass is 16.7. The normalized spacial score (nSPS) is 13.5. The Bertz CT molecular complexity index is 920. The third-order valence-electron chi connectivity index (χ3n) is 4.97. The van der Waals surface area contributed by atoms with Crippen molar-refractivity contribution in [2.75, 3.05) is 39.9 Å². The maximum absolute atomic E-state index is 12.7. The second-order valence-corrected chi connectivity index (χ2v) is 7.01. The van der Waals surface area contributed by atoms with Gasteiger partial charge in [-0.2, -0.15) is 0 Å². The minimum Gasteiger partial charge on any atom is -0.497 e. The summed E-state index contributed by atoms with van der Waals surface area (Å²) in [5.74, 6) is 0.936. The smallest absolute Gasteiger partial charge is 0.497 e. The van der Waals surface area contributed by atoms with Gasteiger partial charge in [0.05, 0.1) is 20.1 Å². The molecule has 1 heterocycles. The first-order chi connectivity index (χ1) is 15.0. The Hall–Kier alpha value is -3.55. The second kappa shape index (κ2) is 10.5. The molecule has 1 fully saturated rings. The fourth-order valence-electron chi connectivity index (χ4n) is 3.32. The largest absolute Gasteiger partial charge is 0.513 e. The number of hydrogen-bond acceptors (Lipinski definition) is 6. The first-order valence-electron chi connectivity index (χ1n) is 10.1. The molecule has 0 aliphatic carbocycles. The Morgan fingerprint density at radius 2 is 1.58 bits per heavy atom. The second-order valence-electron chi connectivity index (χ2n) is 7.01. The minimum absolute atomic E-state index is 0.0285. The average Bonchev–Trinajstić information content (AvgIpc) is 2.79. The molecule has 0 saturated carbocycles. The third-order valence-corrected chi connectivity index (χ3v) is 4.97. The number of carbonyl (C=O) groups is 3. The molecule has 2 amide bonds. The number of rotatable bonds is 6. The maximum atomic E-state index is 12.7. The van der Waals surface area contributed by atoms with Crippen LogP contribution >= 0.6 is 0 Å². The standard InChI is InChI=1S/C23H26N2O6/c1-3-30-23(28)31-19-9-7-18(8-10-19)22(27)25-13-11-24(12-14-25)21(26)16-17-5-4-6-20(15-17)29-2/h4-10,15H,3,11-14,16H2,1-2H3. The maximum Gasteiger partial charge on any atom is 0.513 e. The lowest BCUT2D eigenvalue weighted by Gasteiger charge is -2.35. The van der Waals surface area contributed by atoms with Crippen LogP contribution in [0.4, 0.5) is 4.79 Å². The molecule has 0 radical (unpaired) electrons. The molecule has 0 aromatic heterocycles. The van der Waals surface area contributed by atoms with Crippen molar-refractivity contribution < 1.29 is 28.6 Å². The third kappa shape index (κ3) is 5.97. The van der Waals surface area contributed by atoms with Crippen LogP contribution in [0.15, 0.2) is 48.5 Å². The summed E-state index contributed by atoms with van der Waals surface area (Å²) < 4.78 is 14.9. The number of carbonyl (C=O) groups excluding carboxylic acids is 3. The van der Waals surface area contributed by atoms with E-state index < -0.39 is 6.16 Å². The Morgan fingerprint density at radius 1 is 0.903 bits per heavy atom. The van der Waals surface area contributed by atoms with Gasteiger partial charge in [-0.25, -0.2) is 4.79 Å². The van der Waals surface area contributed by atoms with Crippen molar-refractivity contribution in [3.8, 4) is 11.5 Å². The highest BCUT2D eigenvalue weighted by molar-refractivity contribution is 5.94. The first kappa shape index (κ1) is 22.1. The predicted octanol–water partition coefficient (Wildman–Crippen LogP) is 2.76. The zero-order valence-electron chi connectivity index (χ0n) is 17.7. The van der Waals surface area contributed by atoms with E-state index in [1.165, 1.54) is 0 Å². The number of amides is 2. The zero-order chi connectivity index (χ0) is 22.2. The molecule has 0 atom stereocenters. The topological polar surface area (TPSA) is 85.4 Å². The first-order valence-corrected chi connectivity index (χ1v) is 10.1. The van der Waals surface area contributed by atoms with Crippen molar-refractivity contribution in [3.05, 3.63) is 59.7 Å². The SMILES string of the molecule is CCOC(=O)Oc1ccc(C(=O)N2CCN(C(=O)Cc3cccc(OC)c3)CC2)cc1. The van der Waals surface area contributed by atoms with Crippen LogP contribution in [0.3, 0.4) is 0 Å². The summed E-state index contributed by atoms with van der Waals surface area (Å²) in [5, 5.41) is 0. The van der Waals surface area contributed by atoms with E-state index in [0.717, 1.165) is 11.3 Å². The number of benzene rings is 2. The number of ether oxygens (including phenoxy) is 3. The van der Waals surface area contributed by atoms with Crippen LogP contribution in [0.25, 0.3) is 0 Å². The predicted molar refractivity (Wildman–Crippen MR) is 113 cm³/mol. The minimum atomic E-state index is -0.781. The van der Waals surface area contributed by atoms with Gasteiger partial charge in [0.25, 0.3) is 5.91 Å². The molecule has 0 spiro atoms. The average molecular weight is 426 g/mol. The van der Waals surface area contributed by atoms with Gasteiger partial charge in [-0.15, -0.1) is 0 Å². The van der Waals surface area contributed by atoms with E-state index in [0.29, 0.717) is 43.9 Å².